The molecule has 0 bridgehead atoms. The third kappa shape index (κ3) is 3.85. The van der Waals surface area contributed by atoms with E-state index in [1.807, 2.05) is 0 Å². The van der Waals surface area contributed by atoms with Crippen molar-refractivity contribution in [1.82, 2.24) is 15.2 Å². The van der Waals surface area contributed by atoms with Crippen LogP contribution in [0.15, 0.2) is 18.3 Å². The van der Waals surface area contributed by atoms with Crippen molar-refractivity contribution in [3.05, 3.63) is 18.3 Å². The van der Waals surface area contributed by atoms with Crippen LogP contribution < -0.4 is 15.4 Å². The van der Waals surface area contributed by atoms with Crippen LogP contribution in [-0.2, 0) is 0 Å². The topological polar surface area (TPSA) is 66.5 Å². The molecular weight excluding hydrogens is 268 g/mol. The van der Waals surface area contributed by atoms with Gasteiger partial charge in [-0.15, -0.1) is 0 Å². The number of likely N-dealkylation sites (N-methyl/N-ethyl adjacent to an activating group) is 1. The molecule has 0 atom stereocenters. The third-order valence-corrected chi connectivity index (χ3v) is 4.26. The maximum atomic E-state index is 12.0. The molecule has 2 N–H and O–H groups in total. The van der Waals surface area contributed by atoms with Gasteiger partial charge < -0.3 is 20.3 Å². The third-order valence-electron chi connectivity index (χ3n) is 4.26. The first-order valence-corrected chi connectivity index (χ1v) is 7.28. The number of urea groups is 1. The van der Waals surface area contributed by atoms with Gasteiger partial charge in [0.05, 0.1) is 19.0 Å². The summed E-state index contributed by atoms with van der Waals surface area (Å²) >= 11 is 0. The highest BCUT2D eigenvalue weighted by Crippen LogP contribution is 2.33. The Labute approximate surface area is 125 Å². The zero-order chi connectivity index (χ0) is 15.3. The van der Waals surface area contributed by atoms with E-state index in [9.17, 15) is 4.79 Å². The second-order valence-corrected chi connectivity index (χ2v) is 5.72. The molecule has 116 valence electrons. The number of amides is 2. The lowest BCUT2D eigenvalue weighted by molar-refractivity contribution is 0.156. The molecule has 0 radical (unpaired) electrons. The van der Waals surface area contributed by atoms with Gasteiger partial charge in [0.2, 0.25) is 5.88 Å². The Morgan fingerprint density at radius 1 is 1.38 bits per heavy atom. The van der Waals surface area contributed by atoms with Crippen molar-refractivity contribution in [3.8, 4) is 5.88 Å². The minimum atomic E-state index is -0.199. The molecule has 21 heavy (non-hydrogen) atoms. The number of methoxy groups -OCH3 is 1. The summed E-state index contributed by atoms with van der Waals surface area (Å²) in [5.41, 5.74) is 0.744. The van der Waals surface area contributed by atoms with Crippen molar-refractivity contribution in [2.45, 2.75) is 31.2 Å². The van der Waals surface area contributed by atoms with Gasteiger partial charge in [-0.1, -0.05) is 12.8 Å². The second-order valence-electron chi connectivity index (χ2n) is 5.72. The zero-order valence-electron chi connectivity index (χ0n) is 13.0. The first kappa shape index (κ1) is 15.6. The number of hydrogen-bond acceptors (Lipinski definition) is 4. The maximum Gasteiger partial charge on any atom is 0.319 e. The van der Waals surface area contributed by atoms with Crippen LogP contribution in [0.5, 0.6) is 5.88 Å². The van der Waals surface area contributed by atoms with Crippen LogP contribution in [0, 0.1) is 0 Å². The first-order valence-electron chi connectivity index (χ1n) is 7.28. The molecule has 1 aliphatic carbocycles. The summed E-state index contributed by atoms with van der Waals surface area (Å²) in [5, 5.41) is 5.76. The molecule has 1 fully saturated rings. The van der Waals surface area contributed by atoms with E-state index in [-0.39, 0.29) is 11.6 Å². The van der Waals surface area contributed by atoms with Crippen LogP contribution in [0.3, 0.4) is 0 Å². The Morgan fingerprint density at radius 3 is 2.62 bits per heavy atom. The lowest BCUT2D eigenvalue weighted by Gasteiger charge is -2.36. The average molecular weight is 292 g/mol. The average Bonchev–Trinajstić information content (AvgIpc) is 2.96. The molecule has 1 heterocycles. The van der Waals surface area contributed by atoms with Crippen LogP contribution in [0.25, 0.3) is 0 Å². The highest BCUT2D eigenvalue weighted by atomic mass is 16.5. The van der Waals surface area contributed by atoms with E-state index >= 15 is 0 Å². The van der Waals surface area contributed by atoms with Crippen molar-refractivity contribution >= 4 is 11.7 Å². The fraction of sp³-hybridized carbons (Fsp3) is 0.600. The fourth-order valence-electron chi connectivity index (χ4n) is 2.81. The van der Waals surface area contributed by atoms with Gasteiger partial charge in [0, 0.05) is 18.2 Å². The Morgan fingerprint density at radius 2 is 2.10 bits per heavy atom. The Hall–Kier alpha value is -1.82. The van der Waals surface area contributed by atoms with Crippen LogP contribution in [-0.4, -0.2) is 49.2 Å². The molecule has 6 nitrogen and oxygen atoms in total. The standard InChI is InChI=1S/C15H24N4O2/c1-19(2)15(8-4-5-9-15)11-17-14(20)18-12-6-7-13(21-3)16-10-12/h6-7,10H,4-5,8-9,11H2,1-3H3,(H2,17,18,20). The van der Waals surface area contributed by atoms with E-state index in [0.29, 0.717) is 18.1 Å². The van der Waals surface area contributed by atoms with Crippen LogP contribution >= 0.6 is 0 Å². The molecule has 0 aliphatic heterocycles. The molecule has 1 aromatic heterocycles. The number of carbonyl (C=O) groups excluding carboxylic acids is 1. The number of aromatic nitrogens is 1. The monoisotopic (exact) mass is 292 g/mol. The van der Waals surface area contributed by atoms with Gasteiger partial charge in [-0.3, -0.25) is 0 Å². The number of anilines is 1. The quantitative estimate of drug-likeness (QED) is 0.872. The summed E-state index contributed by atoms with van der Waals surface area (Å²) in [7, 11) is 5.72. The Kier molecular flexibility index (Phi) is 5.01. The SMILES string of the molecule is COc1ccc(NC(=O)NCC2(N(C)C)CCCC2)cn1. The van der Waals surface area contributed by atoms with Gasteiger partial charge in [0.1, 0.15) is 0 Å². The summed E-state index contributed by atoms with van der Waals surface area (Å²) in [6.45, 7) is 0.662. The number of pyridine rings is 1. The molecule has 2 amide bonds. The minimum absolute atomic E-state index is 0.0928. The number of carbonyl (C=O) groups is 1. The van der Waals surface area contributed by atoms with Crippen molar-refractivity contribution in [1.29, 1.82) is 0 Å². The molecule has 0 unspecified atom stereocenters. The van der Waals surface area contributed by atoms with E-state index in [1.54, 1.807) is 25.4 Å². The number of nitrogens with zero attached hydrogens (tertiary/aromatic N) is 2. The molecular formula is C15H24N4O2. The minimum Gasteiger partial charge on any atom is -0.481 e. The van der Waals surface area contributed by atoms with Crippen molar-refractivity contribution in [3.63, 3.8) is 0 Å². The molecule has 6 heteroatoms. The number of ether oxygens (including phenoxy) is 1. The summed E-state index contributed by atoms with van der Waals surface area (Å²) < 4.78 is 4.98. The molecule has 2 rings (SSSR count). The largest absolute Gasteiger partial charge is 0.481 e. The van der Waals surface area contributed by atoms with Gasteiger partial charge in [-0.2, -0.15) is 0 Å². The zero-order valence-corrected chi connectivity index (χ0v) is 13.0. The summed E-state index contributed by atoms with van der Waals surface area (Å²) in [6.07, 6.45) is 6.29. The molecule has 1 saturated carbocycles. The van der Waals surface area contributed by atoms with E-state index < -0.39 is 0 Å². The summed E-state index contributed by atoms with van der Waals surface area (Å²) in [5.74, 6) is 0.526. The van der Waals surface area contributed by atoms with Crippen molar-refractivity contribution in [2.24, 2.45) is 0 Å². The molecule has 0 spiro atoms. The van der Waals surface area contributed by atoms with Crippen molar-refractivity contribution < 1.29 is 9.53 Å². The van der Waals surface area contributed by atoms with Crippen LogP contribution in [0.4, 0.5) is 10.5 Å². The molecule has 0 saturated heterocycles. The highest BCUT2D eigenvalue weighted by molar-refractivity contribution is 5.89. The predicted octanol–water partition coefficient (Wildman–Crippen LogP) is 2.09. The number of rotatable bonds is 5. The highest BCUT2D eigenvalue weighted by Gasteiger charge is 2.36. The summed E-state index contributed by atoms with van der Waals surface area (Å²) in [6, 6.07) is 3.28. The molecule has 0 aromatic carbocycles. The van der Waals surface area contributed by atoms with Gasteiger partial charge in [0.15, 0.2) is 0 Å². The van der Waals surface area contributed by atoms with E-state index in [1.165, 1.54) is 12.8 Å². The van der Waals surface area contributed by atoms with Gasteiger partial charge in [-0.05, 0) is 33.0 Å². The van der Waals surface area contributed by atoms with Gasteiger partial charge in [-0.25, -0.2) is 9.78 Å². The Bertz CT molecular complexity index is 467. The van der Waals surface area contributed by atoms with Crippen LogP contribution in [0.2, 0.25) is 0 Å². The molecule has 1 aliphatic rings. The first-order chi connectivity index (χ1) is 10.1. The second kappa shape index (κ2) is 6.76. The predicted molar refractivity (Wildman–Crippen MR) is 82.7 cm³/mol. The molecule has 1 aromatic rings. The smallest absolute Gasteiger partial charge is 0.319 e. The lowest BCUT2D eigenvalue weighted by Crippen LogP contribution is -2.51. The number of nitrogens with one attached hydrogen (secondary N) is 2. The van der Waals surface area contributed by atoms with E-state index in [2.05, 4.69) is 34.6 Å². The van der Waals surface area contributed by atoms with Crippen molar-refractivity contribution in [2.75, 3.05) is 33.1 Å². The maximum absolute atomic E-state index is 12.0. The van der Waals surface area contributed by atoms with E-state index in [4.69, 9.17) is 4.74 Å². The van der Waals surface area contributed by atoms with E-state index in [0.717, 1.165) is 12.8 Å². The van der Waals surface area contributed by atoms with Gasteiger partial charge in [0.25, 0.3) is 0 Å². The number of hydrogen-bond donors (Lipinski definition) is 2. The summed E-state index contributed by atoms with van der Waals surface area (Å²) in [4.78, 5) is 18.3. The lowest BCUT2D eigenvalue weighted by atomic mass is 9.96. The van der Waals surface area contributed by atoms with Gasteiger partial charge >= 0.3 is 6.03 Å². The normalized spacial score (nSPS) is 16.8. The van der Waals surface area contributed by atoms with Crippen LogP contribution in [0.1, 0.15) is 25.7 Å². The fourth-order valence-corrected chi connectivity index (χ4v) is 2.81. The Balaban J connectivity index is 1.86.